The number of amides is 1. The van der Waals surface area contributed by atoms with Gasteiger partial charge in [0.05, 0.1) is 18.2 Å². The number of para-hydroxylation sites is 1. The van der Waals surface area contributed by atoms with Crippen molar-refractivity contribution in [3.05, 3.63) is 89.7 Å². The van der Waals surface area contributed by atoms with Crippen LogP contribution in [0.4, 0.5) is 13.2 Å². The number of hydrogen-bond donors (Lipinski definition) is 1. The highest BCUT2D eigenvalue weighted by atomic mass is 19.4. The number of hydrazone groups is 1. The number of benzene rings is 2. The Morgan fingerprint density at radius 2 is 1.85 bits per heavy atom. The van der Waals surface area contributed by atoms with Crippen molar-refractivity contribution < 1.29 is 18.0 Å². The van der Waals surface area contributed by atoms with Crippen LogP contribution in [-0.4, -0.2) is 16.7 Å². The molecule has 138 valence electrons. The maximum atomic E-state index is 12.7. The fraction of sp³-hybridized carbons (Fsp3) is 0.100. The van der Waals surface area contributed by atoms with Crippen molar-refractivity contribution in [1.82, 2.24) is 9.99 Å². The molecule has 0 unspecified atom stereocenters. The number of hydrogen-bond acceptors (Lipinski definition) is 2. The van der Waals surface area contributed by atoms with Gasteiger partial charge >= 0.3 is 6.18 Å². The standard InChI is InChI=1S/C20H16F3N3O/c21-20(22,23)17-6-4-5-15(11-17)12-19(27)25-24-13-16-9-10-26(14-16)18-7-2-1-3-8-18/h1-11,13-14H,12H2,(H,25,27)/b24-13+. The summed E-state index contributed by atoms with van der Waals surface area (Å²) in [5.74, 6) is -0.493. The fourth-order valence-electron chi connectivity index (χ4n) is 2.51. The molecule has 1 N–H and O–H groups in total. The minimum atomic E-state index is -4.43. The SMILES string of the molecule is O=C(Cc1cccc(C(F)(F)F)c1)N/N=C/c1ccn(-c2ccccc2)c1. The van der Waals surface area contributed by atoms with E-state index < -0.39 is 17.6 Å². The van der Waals surface area contributed by atoms with Crippen LogP contribution < -0.4 is 5.43 Å². The summed E-state index contributed by atoms with van der Waals surface area (Å²) in [4.78, 5) is 11.9. The van der Waals surface area contributed by atoms with Crippen LogP contribution in [0.1, 0.15) is 16.7 Å². The zero-order valence-corrected chi connectivity index (χ0v) is 14.1. The number of carbonyl (C=O) groups is 1. The van der Waals surface area contributed by atoms with E-state index >= 15 is 0 Å². The molecule has 7 heteroatoms. The summed E-state index contributed by atoms with van der Waals surface area (Å²) in [5, 5.41) is 3.86. The monoisotopic (exact) mass is 371 g/mol. The lowest BCUT2D eigenvalue weighted by Crippen LogP contribution is -2.20. The van der Waals surface area contributed by atoms with Gasteiger partial charge in [-0.1, -0.05) is 36.4 Å². The Kier molecular flexibility index (Phi) is 5.40. The summed E-state index contributed by atoms with van der Waals surface area (Å²) in [6.07, 6.45) is 0.561. The average molecular weight is 371 g/mol. The van der Waals surface area contributed by atoms with E-state index in [1.807, 2.05) is 53.4 Å². The van der Waals surface area contributed by atoms with Crippen LogP contribution in [0, 0.1) is 0 Å². The van der Waals surface area contributed by atoms with E-state index in [1.54, 1.807) is 0 Å². The summed E-state index contributed by atoms with van der Waals surface area (Å²) in [6, 6.07) is 16.2. The Balaban J connectivity index is 1.57. The molecule has 0 radical (unpaired) electrons. The largest absolute Gasteiger partial charge is 0.416 e. The van der Waals surface area contributed by atoms with E-state index in [-0.39, 0.29) is 12.0 Å². The zero-order chi connectivity index (χ0) is 19.3. The van der Waals surface area contributed by atoms with Crippen LogP contribution in [0.3, 0.4) is 0 Å². The first-order valence-corrected chi connectivity index (χ1v) is 8.13. The number of carbonyl (C=O) groups excluding carboxylic acids is 1. The van der Waals surface area contributed by atoms with Gasteiger partial charge in [-0.05, 0) is 29.8 Å². The minimum Gasteiger partial charge on any atom is -0.323 e. The second kappa shape index (κ2) is 7.90. The van der Waals surface area contributed by atoms with Gasteiger partial charge in [-0.25, -0.2) is 5.43 Å². The zero-order valence-electron chi connectivity index (χ0n) is 14.1. The van der Waals surface area contributed by atoms with E-state index in [0.717, 1.165) is 23.4 Å². The van der Waals surface area contributed by atoms with Crippen molar-refractivity contribution in [2.75, 3.05) is 0 Å². The van der Waals surface area contributed by atoms with Crippen molar-refractivity contribution in [1.29, 1.82) is 0 Å². The summed E-state index contributed by atoms with van der Waals surface area (Å²) in [5.41, 5.74) is 3.59. The smallest absolute Gasteiger partial charge is 0.323 e. The summed E-state index contributed by atoms with van der Waals surface area (Å²) in [6.45, 7) is 0. The van der Waals surface area contributed by atoms with Crippen LogP contribution in [0.25, 0.3) is 5.69 Å². The third-order valence-electron chi connectivity index (χ3n) is 3.79. The molecule has 0 atom stereocenters. The molecular formula is C20H16F3N3O. The van der Waals surface area contributed by atoms with Crippen LogP contribution in [0.5, 0.6) is 0 Å². The molecule has 4 nitrogen and oxygen atoms in total. The molecule has 3 aromatic rings. The van der Waals surface area contributed by atoms with Gasteiger partial charge in [-0.2, -0.15) is 18.3 Å². The summed E-state index contributed by atoms with van der Waals surface area (Å²) < 4.78 is 40.0. The van der Waals surface area contributed by atoms with Crippen LogP contribution in [0.2, 0.25) is 0 Å². The molecule has 0 aliphatic rings. The highest BCUT2D eigenvalue weighted by Crippen LogP contribution is 2.29. The van der Waals surface area contributed by atoms with Gasteiger partial charge in [0.25, 0.3) is 0 Å². The molecule has 0 saturated heterocycles. The van der Waals surface area contributed by atoms with Crippen molar-refractivity contribution in [2.24, 2.45) is 5.10 Å². The second-order valence-corrected chi connectivity index (χ2v) is 5.86. The molecule has 2 aromatic carbocycles. The highest BCUT2D eigenvalue weighted by Gasteiger charge is 2.30. The van der Waals surface area contributed by atoms with E-state index in [4.69, 9.17) is 0 Å². The van der Waals surface area contributed by atoms with E-state index in [1.165, 1.54) is 18.3 Å². The van der Waals surface area contributed by atoms with Crippen LogP contribution in [0.15, 0.2) is 78.2 Å². The van der Waals surface area contributed by atoms with Gasteiger partial charge < -0.3 is 4.57 Å². The highest BCUT2D eigenvalue weighted by molar-refractivity contribution is 5.83. The third kappa shape index (κ3) is 5.07. The van der Waals surface area contributed by atoms with Gasteiger partial charge in [0.1, 0.15) is 0 Å². The lowest BCUT2D eigenvalue weighted by molar-refractivity contribution is -0.137. The van der Waals surface area contributed by atoms with Gasteiger partial charge in [0.2, 0.25) is 5.91 Å². The van der Waals surface area contributed by atoms with Crippen LogP contribution >= 0.6 is 0 Å². The first-order chi connectivity index (χ1) is 12.9. The molecule has 3 rings (SSSR count). The summed E-state index contributed by atoms with van der Waals surface area (Å²) >= 11 is 0. The Bertz CT molecular complexity index is 946. The summed E-state index contributed by atoms with van der Waals surface area (Å²) in [7, 11) is 0. The lowest BCUT2D eigenvalue weighted by Gasteiger charge is -2.08. The third-order valence-corrected chi connectivity index (χ3v) is 3.79. The maximum absolute atomic E-state index is 12.7. The molecule has 1 heterocycles. The van der Waals surface area contributed by atoms with Crippen molar-refractivity contribution in [3.63, 3.8) is 0 Å². The van der Waals surface area contributed by atoms with Crippen molar-refractivity contribution in [3.8, 4) is 5.69 Å². The maximum Gasteiger partial charge on any atom is 0.416 e. The second-order valence-electron chi connectivity index (χ2n) is 5.86. The molecular weight excluding hydrogens is 355 g/mol. The Labute approximate surface area is 153 Å². The average Bonchev–Trinajstić information content (AvgIpc) is 3.11. The van der Waals surface area contributed by atoms with Gasteiger partial charge in [-0.15, -0.1) is 0 Å². The topological polar surface area (TPSA) is 46.4 Å². The quantitative estimate of drug-likeness (QED) is 0.531. The molecule has 0 spiro atoms. The van der Waals surface area contributed by atoms with Gasteiger partial charge in [-0.3, -0.25) is 4.79 Å². The molecule has 0 saturated carbocycles. The van der Waals surface area contributed by atoms with E-state index in [2.05, 4.69) is 10.5 Å². The molecule has 0 fully saturated rings. The first kappa shape index (κ1) is 18.4. The number of nitrogens with one attached hydrogen (secondary N) is 1. The van der Waals surface area contributed by atoms with Crippen LogP contribution in [-0.2, 0) is 17.4 Å². The van der Waals surface area contributed by atoms with E-state index in [9.17, 15) is 18.0 Å². The van der Waals surface area contributed by atoms with Crippen molar-refractivity contribution >= 4 is 12.1 Å². The molecule has 0 aliphatic carbocycles. The minimum absolute atomic E-state index is 0.188. The van der Waals surface area contributed by atoms with Gasteiger partial charge in [0, 0.05) is 23.6 Å². The predicted molar refractivity (Wildman–Crippen MR) is 96.7 cm³/mol. The number of halogens is 3. The molecule has 0 aliphatic heterocycles. The Morgan fingerprint density at radius 3 is 2.59 bits per heavy atom. The number of aromatic nitrogens is 1. The molecule has 27 heavy (non-hydrogen) atoms. The molecule has 1 amide bonds. The molecule has 1 aromatic heterocycles. The fourth-order valence-corrected chi connectivity index (χ4v) is 2.51. The Hall–Kier alpha value is -3.35. The lowest BCUT2D eigenvalue weighted by atomic mass is 10.1. The Morgan fingerprint density at radius 1 is 1.07 bits per heavy atom. The normalized spacial score (nSPS) is 11.7. The first-order valence-electron chi connectivity index (χ1n) is 8.13. The van der Waals surface area contributed by atoms with Gasteiger partial charge in [0.15, 0.2) is 0 Å². The molecule has 0 bridgehead atoms. The predicted octanol–water partition coefficient (Wildman–Crippen LogP) is 4.19. The van der Waals surface area contributed by atoms with E-state index in [0.29, 0.717) is 0 Å². The number of rotatable bonds is 5. The number of nitrogens with zero attached hydrogens (tertiary/aromatic N) is 2. The van der Waals surface area contributed by atoms with Crippen molar-refractivity contribution in [2.45, 2.75) is 12.6 Å². The number of alkyl halides is 3.